The minimum Gasteiger partial charge on any atom is -0.348 e. The van der Waals surface area contributed by atoms with Gasteiger partial charge in [0, 0.05) is 0 Å². The first-order chi connectivity index (χ1) is 5.38. The average Bonchev–Trinajstić information content (AvgIpc) is 2.62. The van der Waals surface area contributed by atoms with Crippen LogP contribution in [0.15, 0.2) is 24.3 Å². The number of nitrogens with one attached hydrogen (secondary N) is 1. The molecule has 4 heteroatoms. The molecule has 58 valence electrons. The number of hydrogen-bond acceptors (Lipinski definition) is 4. The molecule has 0 saturated heterocycles. The van der Waals surface area contributed by atoms with E-state index in [1.54, 1.807) is 0 Å². The summed E-state index contributed by atoms with van der Waals surface area (Å²) in [5.74, 6) is 0. The van der Waals surface area contributed by atoms with Gasteiger partial charge in [0.1, 0.15) is 0 Å². The molecule has 0 amide bonds. The lowest BCUT2D eigenvalue weighted by Crippen LogP contribution is -2.04. The van der Waals surface area contributed by atoms with Crippen LogP contribution in [0.1, 0.15) is 0 Å². The van der Waals surface area contributed by atoms with Crippen molar-refractivity contribution in [2.24, 2.45) is 0 Å². The maximum Gasteiger partial charge on any atom is 0.315 e. The molecule has 0 aromatic rings. The Bertz CT molecular complexity index is 232. The van der Waals surface area contributed by atoms with Gasteiger partial charge in [0.05, 0.1) is 0 Å². The lowest BCUT2D eigenvalue weighted by atomic mass is 10.6. The Morgan fingerprint density at radius 3 is 2.18 bits per heavy atom. The number of fused-ring (bicyclic) bond motifs is 1. The number of carbonyl (C=O) groups is 1. The first-order valence-corrected chi connectivity index (χ1v) is 2.97. The van der Waals surface area contributed by atoms with E-state index in [9.17, 15) is 0 Å². The third-order valence-electron chi connectivity index (χ3n) is 1.21. The molecule has 0 spiro atoms. The summed E-state index contributed by atoms with van der Waals surface area (Å²) >= 11 is 0. The van der Waals surface area contributed by atoms with Crippen molar-refractivity contribution in [2.75, 3.05) is 0 Å². The van der Waals surface area contributed by atoms with Gasteiger partial charge in [0.25, 0.3) is 0 Å². The SMILES string of the molecule is O=CONO.c1cc2cc-2c1. The highest BCUT2D eigenvalue weighted by Gasteiger charge is 2.06. The van der Waals surface area contributed by atoms with Crippen LogP contribution >= 0.6 is 0 Å². The summed E-state index contributed by atoms with van der Waals surface area (Å²) in [5, 5.41) is 7.36. The zero-order chi connectivity index (χ0) is 8.10. The average molecular weight is 153 g/mol. The van der Waals surface area contributed by atoms with Crippen molar-refractivity contribution in [2.45, 2.75) is 0 Å². The molecule has 2 aliphatic rings. The van der Waals surface area contributed by atoms with Gasteiger partial charge in [-0.3, -0.25) is 10.0 Å². The summed E-state index contributed by atoms with van der Waals surface area (Å²) in [5.41, 5.74) is 4.00. The molecule has 2 rings (SSSR count). The zero-order valence-corrected chi connectivity index (χ0v) is 5.65. The standard InChI is InChI=1S/C6H4.CH3NO3/c1-2-5-4-6(5)3-1;3-1-5-2-4/h1-4H;1-2,4H. The molecule has 0 aromatic carbocycles. The van der Waals surface area contributed by atoms with E-state index in [1.165, 1.54) is 11.1 Å². The quantitative estimate of drug-likeness (QED) is 0.493. The fourth-order valence-electron chi connectivity index (χ4n) is 0.697. The highest BCUT2D eigenvalue weighted by Crippen LogP contribution is 2.32. The fourth-order valence-corrected chi connectivity index (χ4v) is 0.697. The Labute approximate surface area is 63.3 Å². The van der Waals surface area contributed by atoms with Crippen molar-refractivity contribution in [1.82, 2.24) is 5.64 Å². The first kappa shape index (κ1) is 7.71. The monoisotopic (exact) mass is 153 g/mol. The minimum absolute atomic E-state index is 0.0694. The summed E-state index contributed by atoms with van der Waals surface area (Å²) in [4.78, 5) is 12.4. The molecule has 0 radical (unpaired) electrons. The highest BCUT2D eigenvalue weighted by molar-refractivity contribution is 5.80. The van der Waals surface area contributed by atoms with Gasteiger partial charge in [-0.15, -0.1) is 0 Å². The second-order valence-electron chi connectivity index (χ2n) is 1.89. The van der Waals surface area contributed by atoms with E-state index in [-0.39, 0.29) is 6.47 Å². The summed E-state index contributed by atoms with van der Waals surface area (Å²) in [6.07, 6.45) is 0. The van der Waals surface area contributed by atoms with Gasteiger partial charge in [-0.25, -0.2) is 0 Å². The van der Waals surface area contributed by atoms with Crippen LogP contribution in [-0.2, 0) is 9.63 Å². The third-order valence-corrected chi connectivity index (χ3v) is 1.21. The minimum atomic E-state index is 0.0694. The van der Waals surface area contributed by atoms with E-state index in [1.807, 2.05) is 0 Å². The second-order valence-corrected chi connectivity index (χ2v) is 1.89. The van der Waals surface area contributed by atoms with Crippen LogP contribution in [0.5, 0.6) is 0 Å². The fraction of sp³-hybridized carbons (Fsp3) is 0. The molecule has 2 N–H and O–H groups in total. The molecule has 0 saturated carbocycles. The van der Waals surface area contributed by atoms with Crippen molar-refractivity contribution in [3.63, 3.8) is 0 Å². The van der Waals surface area contributed by atoms with E-state index < -0.39 is 0 Å². The predicted octanol–water partition coefficient (Wildman–Crippen LogP) is 0.720. The van der Waals surface area contributed by atoms with Crippen molar-refractivity contribution in [1.29, 1.82) is 0 Å². The van der Waals surface area contributed by atoms with Crippen LogP contribution in [0, 0.1) is 0 Å². The highest BCUT2D eigenvalue weighted by atomic mass is 16.8. The van der Waals surface area contributed by atoms with E-state index in [0.29, 0.717) is 0 Å². The van der Waals surface area contributed by atoms with Crippen molar-refractivity contribution in [3.8, 4) is 11.1 Å². The zero-order valence-electron chi connectivity index (χ0n) is 5.65. The van der Waals surface area contributed by atoms with Crippen LogP contribution < -0.4 is 5.64 Å². The van der Waals surface area contributed by atoms with Crippen LogP contribution in [0.25, 0.3) is 11.1 Å². The molecule has 0 unspecified atom stereocenters. The van der Waals surface area contributed by atoms with E-state index in [4.69, 9.17) is 10.0 Å². The van der Waals surface area contributed by atoms with Crippen LogP contribution in [0.2, 0.25) is 0 Å². The van der Waals surface area contributed by atoms with Gasteiger partial charge in [0.2, 0.25) is 0 Å². The predicted molar refractivity (Wildman–Crippen MR) is 37.5 cm³/mol. The number of benzene rings is 1. The lowest BCUT2D eigenvalue weighted by molar-refractivity contribution is -0.160. The number of carbonyl (C=O) groups excluding carboxylic acids is 1. The molecule has 0 heterocycles. The molecule has 0 atom stereocenters. The normalized spacial score (nSPS) is 9.18. The van der Waals surface area contributed by atoms with Gasteiger partial charge in [-0.2, -0.15) is 0 Å². The largest absolute Gasteiger partial charge is 0.348 e. The molecule has 0 aromatic heterocycles. The summed E-state index contributed by atoms with van der Waals surface area (Å²) in [6, 6.07) is 8.48. The Morgan fingerprint density at radius 1 is 1.45 bits per heavy atom. The maximum absolute atomic E-state index is 8.96. The van der Waals surface area contributed by atoms with Crippen LogP contribution in [-0.4, -0.2) is 11.7 Å². The molecular formula is C7H7NO3. The second kappa shape index (κ2) is 3.70. The molecule has 2 aliphatic carbocycles. The van der Waals surface area contributed by atoms with E-state index in [0.717, 1.165) is 5.64 Å². The summed E-state index contributed by atoms with van der Waals surface area (Å²) < 4.78 is 0. The smallest absolute Gasteiger partial charge is 0.315 e. The van der Waals surface area contributed by atoms with Gasteiger partial charge < -0.3 is 4.84 Å². The molecule has 0 bridgehead atoms. The molecular weight excluding hydrogens is 146 g/mol. The van der Waals surface area contributed by atoms with Gasteiger partial charge in [0.15, 0.2) is 0 Å². The van der Waals surface area contributed by atoms with Gasteiger partial charge >= 0.3 is 6.47 Å². The topological polar surface area (TPSA) is 58.6 Å². The van der Waals surface area contributed by atoms with Gasteiger partial charge in [-0.05, 0) is 22.8 Å². The van der Waals surface area contributed by atoms with Gasteiger partial charge in [-0.1, -0.05) is 18.2 Å². The summed E-state index contributed by atoms with van der Waals surface area (Å²) in [7, 11) is 0. The molecule has 11 heavy (non-hydrogen) atoms. The van der Waals surface area contributed by atoms with Crippen LogP contribution in [0.3, 0.4) is 0 Å². The van der Waals surface area contributed by atoms with E-state index in [2.05, 4.69) is 29.1 Å². The Morgan fingerprint density at radius 2 is 2.09 bits per heavy atom. The van der Waals surface area contributed by atoms with Crippen molar-refractivity contribution < 1.29 is 14.8 Å². The summed E-state index contributed by atoms with van der Waals surface area (Å²) in [6.45, 7) is 0.0694. The molecule has 0 aliphatic heterocycles. The number of hydrogen-bond donors (Lipinski definition) is 2. The number of rotatable bonds is 2. The third kappa shape index (κ3) is 2.37. The van der Waals surface area contributed by atoms with Crippen molar-refractivity contribution in [3.05, 3.63) is 24.3 Å². The van der Waals surface area contributed by atoms with Crippen molar-refractivity contribution >= 4 is 6.47 Å². The Kier molecular flexibility index (Phi) is 2.59. The molecule has 4 nitrogen and oxygen atoms in total. The van der Waals surface area contributed by atoms with Crippen LogP contribution in [0.4, 0.5) is 0 Å². The van der Waals surface area contributed by atoms with E-state index >= 15 is 0 Å². The molecule has 0 fully saturated rings. The first-order valence-electron chi connectivity index (χ1n) is 2.97. The Balaban J connectivity index is 0.000000114. The maximum atomic E-state index is 8.96. The Hall–Kier alpha value is -1.39. The lowest BCUT2D eigenvalue weighted by Gasteiger charge is -1.80.